The van der Waals surface area contributed by atoms with Crippen LogP contribution in [0.2, 0.25) is 5.02 Å². The molecule has 0 saturated carbocycles. The maximum absolute atomic E-state index is 12.6. The minimum Gasteiger partial charge on any atom is -0.466 e. The average Bonchev–Trinajstić information content (AvgIpc) is 2.82. The molecule has 174 valence electrons. The van der Waals surface area contributed by atoms with Gasteiger partial charge < -0.3 is 15.2 Å². The number of ether oxygens (including phenoxy) is 1. The summed E-state index contributed by atoms with van der Waals surface area (Å²) >= 11 is 6.01. The van der Waals surface area contributed by atoms with Crippen LogP contribution in [0.25, 0.3) is 0 Å². The number of aliphatic hydroxyl groups is 1. The Kier molecular flexibility index (Phi) is 9.49. The summed E-state index contributed by atoms with van der Waals surface area (Å²) in [4.78, 5) is 12.6. The van der Waals surface area contributed by atoms with Crippen LogP contribution >= 0.6 is 11.6 Å². The van der Waals surface area contributed by atoms with Crippen molar-refractivity contribution >= 4 is 17.6 Å². The number of benzene rings is 3. The normalized spacial score (nSPS) is 13.8. The van der Waals surface area contributed by atoms with E-state index in [9.17, 15) is 9.90 Å². The number of rotatable bonds is 11. The van der Waals surface area contributed by atoms with E-state index in [1.807, 2.05) is 49.4 Å². The van der Waals surface area contributed by atoms with Crippen molar-refractivity contribution in [2.24, 2.45) is 0 Å². The Morgan fingerprint density at radius 3 is 2.21 bits per heavy atom. The predicted molar refractivity (Wildman–Crippen MR) is 134 cm³/mol. The molecule has 0 heterocycles. The number of esters is 1. The Balaban J connectivity index is 1.55. The summed E-state index contributed by atoms with van der Waals surface area (Å²) < 4.78 is 5.32. The quantitative estimate of drug-likeness (QED) is 0.368. The van der Waals surface area contributed by atoms with Gasteiger partial charge in [-0.1, -0.05) is 78.3 Å². The van der Waals surface area contributed by atoms with Crippen molar-refractivity contribution < 1.29 is 14.6 Å². The average molecular weight is 466 g/mol. The molecule has 0 aliphatic carbocycles. The van der Waals surface area contributed by atoms with Gasteiger partial charge in [0.25, 0.3) is 0 Å². The molecule has 3 aromatic carbocycles. The molecule has 4 nitrogen and oxygen atoms in total. The van der Waals surface area contributed by atoms with Gasteiger partial charge in [0.2, 0.25) is 0 Å². The molecule has 0 aliphatic rings. The maximum atomic E-state index is 12.6. The molecule has 3 rings (SSSR count). The van der Waals surface area contributed by atoms with Gasteiger partial charge in [-0.15, -0.1) is 0 Å². The highest BCUT2D eigenvalue weighted by atomic mass is 35.5. The Hall–Kier alpha value is -2.66. The van der Waals surface area contributed by atoms with Crippen molar-refractivity contribution in [2.45, 2.75) is 44.8 Å². The number of hydrogen-bond acceptors (Lipinski definition) is 4. The molecule has 3 atom stereocenters. The Labute approximate surface area is 201 Å². The smallest absolute Gasteiger partial charge is 0.313 e. The second-order valence-corrected chi connectivity index (χ2v) is 8.76. The molecule has 0 saturated heterocycles. The molecule has 0 fully saturated rings. The molecule has 0 bridgehead atoms. The molecule has 33 heavy (non-hydrogen) atoms. The molecular formula is C28H32ClNO3. The number of nitrogens with one attached hydrogen (secondary N) is 1. The van der Waals surface area contributed by atoms with Crippen LogP contribution in [0.3, 0.4) is 0 Å². The van der Waals surface area contributed by atoms with Crippen LogP contribution in [0.15, 0.2) is 78.9 Å². The fourth-order valence-corrected chi connectivity index (χ4v) is 4.08. The first-order valence-corrected chi connectivity index (χ1v) is 11.8. The molecule has 0 amide bonds. The molecule has 0 spiro atoms. The van der Waals surface area contributed by atoms with Gasteiger partial charge in [-0.05, 0) is 61.1 Å². The van der Waals surface area contributed by atoms with Crippen LogP contribution < -0.4 is 5.32 Å². The number of aliphatic hydroxyl groups excluding tert-OH is 1. The van der Waals surface area contributed by atoms with E-state index in [1.165, 1.54) is 5.56 Å². The summed E-state index contributed by atoms with van der Waals surface area (Å²) in [5.41, 5.74) is 4.07. The first-order valence-electron chi connectivity index (χ1n) is 11.4. The second-order valence-electron chi connectivity index (χ2n) is 8.32. The van der Waals surface area contributed by atoms with E-state index in [0.29, 0.717) is 24.6 Å². The van der Waals surface area contributed by atoms with Gasteiger partial charge >= 0.3 is 5.97 Å². The summed E-state index contributed by atoms with van der Waals surface area (Å²) in [5.74, 6) is -0.505. The monoisotopic (exact) mass is 465 g/mol. The zero-order chi connectivity index (χ0) is 23.6. The van der Waals surface area contributed by atoms with Crippen molar-refractivity contribution in [1.82, 2.24) is 5.32 Å². The molecule has 2 N–H and O–H groups in total. The van der Waals surface area contributed by atoms with E-state index in [-0.39, 0.29) is 17.9 Å². The van der Waals surface area contributed by atoms with E-state index < -0.39 is 6.10 Å². The molecule has 3 aromatic rings. The van der Waals surface area contributed by atoms with Crippen molar-refractivity contribution in [3.05, 3.63) is 106 Å². The largest absolute Gasteiger partial charge is 0.466 e. The lowest BCUT2D eigenvalue weighted by Crippen LogP contribution is -2.32. The van der Waals surface area contributed by atoms with E-state index >= 15 is 0 Å². The van der Waals surface area contributed by atoms with E-state index in [2.05, 4.69) is 36.5 Å². The van der Waals surface area contributed by atoms with Crippen LogP contribution in [0.4, 0.5) is 0 Å². The Morgan fingerprint density at radius 2 is 1.58 bits per heavy atom. The molecule has 0 aromatic heterocycles. The minimum absolute atomic E-state index is 0.191. The van der Waals surface area contributed by atoms with Gasteiger partial charge in [-0.2, -0.15) is 0 Å². The van der Waals surface area contributed by atoms with Crippen LogP contribution in [-0.4, -0.2) is 30.3 Å². The van der Waals surface area contributed by atoms with Crippen molar-refractivity contribution in [1.29, 1.82) is 0 Å². The Bertz CT molecular complexity index is 1010. The minimum atomic E-state index is -0.605. The molecule has 5 heteroatoms. The molecule has 0 radical (unpaired) electrons. The highest BCUT2D eigenvalue weighted by Crippen LogP contribution is 2.23. The van der Waals surface area contributed by atoms with E-state index in [0.717, 1.165) is 23.1 Å². The number of carbonyl (C=O) groups excluding carboxylic acids is 1. The topological polar surface area (TPSA) is 58.6 Å². The van der Waals surface area contributed by atoms with Crippen LogP contribution in [0.1, 0.15) is 48.1 Å². The third kappa shape index (κ3) is 7.71. The van der Waals surface area contributed by atoms with Crippen LogP contribution in [0, 0.1) is 0 Å². The maximum Gasteiger partial charge on any atom is 0.313 e. The van der Waals surface area contributed by atoms with Crippen molar-refractivity contribution in [2.75, 3.05) is 13.2 Å². The van der Waals surface area contributed by atoms with Gasteiger partial charge in [-0.3, -0.25) is 4.79 Å². The lowest BCUT2D eigenvalue weighted by atomic mass is 9.91. The highest BCUT2D eigenvalue weighted by molar-refractivity contribution is 6.30. The third-order valence-corrected chi connectivity index (χ3v) is 5.91. The second kappa shape index (κ2) is 12.5. The fourth-order valence-electron chi connectivity index (χ4n) is 3.88. The van der Waals surface area contributed by atoms with Gasteiger partial charge in [0.15, 0.2) is 0 Å². The summed E-state index contributed by atoms with van der Waals surface area (Å²) in [5, 5.41) is 14.4. The zero-order valence-corrected chi connectivity index (χ0v) is 20.0. The molecular weight excluding hydrogens is 434 g/mol. The van der Waals surface area contributed by atoms with Crippen LogP contribution in [-0.2, 0) is 22.4 Å². The van der Waals surface area contributed by atoms with Gasteiger partial charge in [0.1, 0.15) is 0 Å². The number of hydrogen-bond donors (Lipinski definition) is 2. The summed E-state index contributed by atoms with van der Waals surface area (Å²) in [6.45, 7) is 4.76. The summed E-state index contributed by atoms with van der Waals surface area (Å²) in [6, 6.07) is 25.7. The molecule has 0 aliphatic heterocycles. The van der Waals surface area contributed by atoms with E-state index in [4.69, 9.17) is 16.3 Å². The van der Waals surface area contributed by atoms with Gasteiger partial charge in [-0.25, -0.2) is 0 Å². The lowest BCUT2D eigenvalue weighted by molar-refractivity contribution is -0.144. The molecule has 3 unspecified atom stereocenters. The third-order valence-electron chi connectivity index (χ3n) is 5.67. The summed E-state index contributed by atoms with van der Waals surface area (Å²) in [7, 11) is 0. The summed E-state index contributed by atoms with van der Waals surface area (Å²) in [6.07, 6.45) is 0.831. The fraction of sp³-hybridized carbons (Fsp3) is 0.321. The predicted octanol–water partition coefficient (Wildman–Crippen LogP) is 5.48. The lowest BCUT2D eigenvalue weighted by Gasteiger charge is -2.18. The highest BCUT2D eigenvalue weighted by Gasteiger charge is 2.22. The van der Waals surface area contributed by atoms with E-state index in [1.54, 1.807) is 12.1 Å². The SMILES string of the molecule is CCOC(=O)C(Cc1ccc(CC(C)NCC(O)c2cccc(Cl)c2)cc1)c1ccccc1. The van der Waals surface area contributed by atoms with Gasteiger partial charge in [0.05, 0.1) is 18.6 Å². The Morgan fingerprint density at radius 1 is 0.939 bits per heavy atom. The first kappa shape index (κ1) is 25.0. The standard InChI is InChI=1S/C28H32ClNO3/c1-3-33-28(32)26(23-8-5-4-6-9-23)17-22-14-12-21(13-15-22)16-20(2)30-19-27(31)24-10-7-11-25(29)18-24/h4-15,18,20,26-27,30-31H,3,16-17,19H2,1-2H3. The van der Waals surface area contributed by atoms with Gasteiger partial charge in [0, 0.05) is 17.6 Å². The van der Waals surface area contributed by atoms with Crippen molar-refractivity contribution in [3.8, 4) is 0 Å². The first-order chi connectivity index (χ1) is 16.0. The number of carbonyl (C=O) groups is 1. The number of halogens is 1. The zero-order valence-electron chi connectivity index (χ0n) is 19.2. The van der Waals surface area contributed by atoms with Crippen molar-refractivity contribution in [3.63, 3.8) is 0 Å². The van der Waals surface area contributed by atoms with Crippen LogP contribution in [0.5, 0.6) is 0 Å².